The van der Waals surface area contributed by atoms with E-state index in [2.05, 4.69) is 10.4 Å². The Bertz CT molecular complexity index is 582. The highest BCUT2D eigenvalue weighted by Gasteiger charge is 2.09. The van der Waals surface area contributed by atoms with E-state index in [9.17, 15) is 9.18 Å². The fraction of sp³-hybridized carbons (Fsp3) is 0.167. The predicted molar refractivity (Wildman–Crippen MR) is 67.0 cm³/mol. The summed E-state index contributed by atoms with van der Waals surface area (Å²) in [6.07, 6.45) is 1.54. The van der Waals surface area contributed by atoms with E-state index >= 15 is 0 Å². The first-order valence-electron chi connectivity index (χ1n) is 5.30. The van der Waals surface area contributed by atoms with Crippen molar-refractivity contribution in [1.82, 2.24) is 9.78 Å². The monoisotopic (exact) mass is 267 g/mol. The number of hydrogen-bond acceptors (Lipinski definition) is 2. The Hall–Kier alpha value is -1.88. The Morgan fingerprint density at radius 1 is 1.50 bits per heavy atom. The maximum atomic E-state index is 13.4. The maximum Gasteiger partial charge on any atom is 0.222 e. The molecule has 0 spiro atoms. The standard InChI is InChI=1S/C12H11ClFN3O/c1-8(18)15-12-10(13)7-17(16-12)6-9-4-2-3-5-11(9)14/h2-5,7H,6H2,1H3,(H,15,16,18). The Balaban J connectivity index is 2.20. The Morgan fingerprint density at radius 2 is 2.22 bits per heavy atom. The number of carbonyl (C=O) groups is 1. The molecule has 4 nitrogen and oxygen atoms in total. The molecule has 0 aliphatic heterocycles. The van der Waals surface area contributed by atoms with Gasteiger partial charge in [-0.05, 0) is 6.07 Å². The molecule has 1 amide bonds. The summed E-state index contributed by atoms with van der Waals surface area (Å²) in [5, 5.41) is 6.89. The fourth-order valence-corrected chi connectivity index (χ4v) is 1.73. The quantitative estimate of drug-likeness (QED) is 0.929. The molecule has 0 radical (unpaired) electrons. The first-order chi connectivity index (χ1) is 8.56. The molecule has 2 aromatic rings. The van der Waals surface area contributed by atoms with Gasteiger partial charge in [0.1, 0.15) is 10.8 Å². The number of carbonyl (C=O) groups excluding carboxylic acids is 1. The first-order valence-corrected chi connectivity index (χ1v) is 5.68. The molecule has 2 rings (SSSR count). The molecule has 0 fully saturated rings. The summed E-state index contributed by atoms with van der Waals surface area (Å²) in [5.74, 6) is -0.279. The topological polar surface area (TPSA) is 46.9 Å². The second-order valence-electron chi connectivity index (χ2n) is 3.80. The molecular formula is C12H11ClFN3O. The molecule has 0 aliphatic carbocycles. The largest absolute Gasteiger partial charge is 0.308 e. The summed E-state index contributed by atoms with van der Waals surface area (Å²) in [6, 6.07) is 6.42. The van der Waals surface area contributed by atoms with Crippen molar-refractivity contribution in [2.45, 2.75) is 13.5 Å². The van der Waals surface area contributed by atoms with Crippen LogP contribution in [0.15, 0.2) is 30.5 Å². The average Bonchev–Trinajstić information content (AvgIpc) is 2.62. The molecule has 1 aromatic carbocycles. The molecule has 0 saturated carbocycles. The van der Waals surface area contributed by atoms with Crippen molar-refractivity contribution in [3.8, 4) is 0 Å². The number of nitrogens with one attached hydrogen (secondary N) is 1. The van der Waals surface area contributed by atoms with Gasteiger partial charge in [0.05, 0.1) is 6.54 Å². The van der Waals surface area contributed by atoms with Crippen LogP contribution < -0.4 is 5.32 Å². The number of anilines is 1. The summed E-state index contributed by atoms with van der Waals surface area (Å²) in [5.41, 5.74) is 0.506. The minimum absolute atomic E-state index is 0.256. The van der Waals surface area contributed by atoms with E-state index < -0.39 is 0 Å². The number of nitrogens with zero attached hydrogens (tertiary/aromatic N) is 2. The molecule has 0 saturated heterocycles. The summed E-state index contributed by atoms with van der Waals surface area (Å²) >= 11 is 5.90. The summed E-state index contributed by atoms with van der Waals surface area (Å²) in [6.45, 7) is 1.62. The lowest BCUT2D eigenvalue weighted by atomic mass is 10.2. The predicted octanol–water partition coefficient (Wildman–Crippen LogP) is 2.68. The first kappa shape index (κ1) is 12.6. The normalized spacial score (nSPS) is 10.4. The van der Waals surface area contributed by atoms with Gasteiger partial charge in [-0.1, -0.05) is 29.8 Å². The van der Waals surface area contributed by atoms with Gasteiger partial charge < -0.3 is 5.32 Å². The molecule has 94 valence electrons. The number of amides is 1. The van der Waals surface area contributed by atoms with Crippen molar-refractivity contribution in [3.63, 3.8) is 0 Å². The van der Waals surface area contributed by atoms with Crippen molar-refractivity contribution >= 4 is 23.3 Å². The summed E-state index contributed by atoms with van der Waals surface area (Å²) in [7, 11) is 0. The Morgan fingerprint density at radius 3 is 2.89 bits per heavy atom. The molecule has 1 heterocycles. The van der Waals surface area contributed by atoms with Gasteiger partial charge in [-0.15, -0.1) is 0 Å². The number of benzene rings is 1. The van der Waals surface area contributed by atoms with E-state index in [1.807, 2.05) is 0 Å². The van der Waals surface area contributed by atoms with Crippen molar-refractivity contribution in [3.05, 3.63) is 46.9 Å². The minimum Gasteiger partial charge on any atom is -0.308 e. The number of aromatic nitrogens is 2. The smallest absolute Gasteiger partial charge is 0.222 e. The minimum atomic E-state index is -0.301. The van der Waals surface area contributed by atoms with Gasteiger partial charge in [0.15, 0.2) is 5.82 Å². The molecule has 0 aliphatic rings. The van der Waals surface area contributed by atoms with Gasteiger partial charge in [-0.2, -0.15) is 5.10 Å². The van der Waals surface area contributed by atoms with Gasteiger partial charge >= 0.3 is 0 Å². The van der Waals surface area contributed by atoms with Crippen molar-refractivity contribution in [2.75, 3.05) is 5.32 Å². The summed E-state index contributed by atoms with van der Waals surface area (Å²) in [4.78, 5) is 10.9. The van der Waals surface area contributed by atoms with Crippen LogP contribution in [0.4, 0.5) is 10.2 Å². The van der Waals surface area contributed by atoms with Crippen LogP contribution in [0.5, 0.6) is 0 Å². The van der Waals surface area contributed by atoms with Gasteiger partial charge in [0, 0.05) is 18.7 Å². The molecule has 1 aromatic heterocycles. The average molecular weight is 268 g/mol. The lowest BCUT2D eigenvalue weighted by Crippen LogP contribution is -2.08. The third kappa shape index (κ3) is 2.87. The second kappa shape index (κ2) is 5.18. The molecule has 0 bridgehead atoms. The highest BCUT2D eigenvalue weighted by molar-refractivity contribution is 6.33. The van der Waals surface area contributed by atoms with Crippen LogP contribution in [-0.2, 0) is 11.3 Å². The van der Waals surface area contributed by atoms with Gasteiger partial charge in [-0.25, -0.2) is 4.39 Å². The van der Waals surface area contributed by atoms with Gasteiger partial charge in [0.2, 0.25) is 5.91 Å². The van der Waals surface area contributed by atoms with Gasteiger partial charge in [0.25, 0.3) is 0 Å². The fourth-order valence-electron chi connectivity index (χ4n) is 1.53. The molecule has 0 unspecified atom stereocenters. The zero-order valence-electron chi connectivity index (χ0n) is 9.65. The zero-order chi connectivity index (χ0) is 13.1. The highest BCUT2D eigenvalue weighted by Crippen LogP contribution is 2.20. The maximum absolute atomic E-state index is 13.4. The Kier molecular flexibility index (Phi) is 3.62. The van der Waals surface area contributed by atoms with E-state index in [0.29, 0.717) is 10.6 Å². The third-order valence-electron chi connectivity index (χ3n) is 2.30. The third-order valence-corrected chi connectivity index (χ3v) is 2.58. The SMILES string of the molecule is CC(=O)Nc1nn(Cc2ccccc2F)cc1Cl. The molecule has 18 heavy (non-hydrogen) atoms. The summed E-state index contributed by atoms with van der Waals surface area (Å²) < 4.78 is 14.9. The number of halogens is 2. The lowest BCUT2D eigenvalue weighted by Gasteiger charge is -2.02. The van der Waals surface area contributed by atoms with Crippen LogP contribution in [-0.4, -0.2) is 15.7 Å². The second-order valence-corrected chi connectivity index (χ2v) is 4.20. The Labute approximate surface area is 108 Å². The van der Waals surface area contributed by atoms with E-state index in [0.717, 1.165) is 0 Å². The molecular weight excluding hydrogens is 257 g/mol. The molecule has 1 N–H and O–H groups in total. The molecule has 0 atom stereocenters. The highest BCUT2D eigenvalue weighted by atomic mass is 35.5. The van der Waals surface area contributed by atoms with Crippen LogP contribution in [0.25, 0.3) is 0 Å². The zero-order valence-corrected chi connectivity index (χ0v) is 10.4. The number of rotatable bonds is 3. The van der Waals surface area contributed by atoms with E-state index in [1.54, 1.807) is 24.4 Å². The lowest BCUT2D eigenvalue weighted by molar-refractivity contribution is -0.114. The van der Waals surface area contributed by atoms with Crippen LogP contribution in [0.3, 0.4) is 0 Å². The van der Waals surface area contributed by atoms with Crippen LogP contribution >= 0.6 is 11.6 Å². The van der Waals surface area contributed by atoms with Crippen molar-refractivity contribution < 1.29 is 9.18 Å². The van der Waals surface area contributed by atoms with Crippen molar-refractivity contribution in [2.24, 2.45) is 0 Å². The van der Waals surface area contributed by atoms with Gasteiger partial charge in [-0.3, -0.25) is 9.48 Å². The van der Waals surface area contributed by atoms with E-state index in [4.69, 9.17) is 11.6 Å². The number of hydrogen-bond donors (Lipinski definition) is 1. The van der Waals surface area contributed by atoms with Crippen LogP contribution in [0, 0.1) is 5.82 Å². The van der Waals surface area contributed by atoms with Crippen LogP contribution in [0.1, 0.15) is 12.5 Å². The van der Waals surface area contributed by atoms with Crippen LogP contribution in [0.2, 0.25) is 5.02 Å². The van der Waals surface area contributed by atoms with E-state index in [-0.39, 0.29) is 24.1 Å². The van der Waals surface area contributed by atoms with Crippen molar-refractivity contribution in [1.29, 1.82) is 0 Å². The molecule has 6 heteroatoms. The van der Waals surface area contributed by atoms with E-state index in [1.165, 1.54) is 17.7 Å².